The SMILES string of the molecule is C=C(C)C(=O)OC1(C)CC2CC1C1C3CCC(C3)C21.C=C(C)C(=O)OC1(C)CC2CC1C1CCCC21.C=C(C)C(=O)OC1(C)CC2CCC1(C)C2(C)C.C=C(C)C(=O)OC1(C)CC2CCC1C2.C=C(C)C(=O)OC1(CC)CC2CC1C1C3CCC(C3)C21.C=C(C)C(=O)OC1(CC)CC2CC1C1CCCC21.C=C(C)C(=O)OC1(CC)CC2CCC1(C)C2(C)C.C=C(C)C(=O)OC1(CC)CC2CCC1C2. The first-order chi connectivity index (χ1) is 64.6. The minimum Gasteiger partial charge on any atom is -0.456 e. The summed E-state index contributed by atoms with van der Waals surface area (Å²) in [5.41, 5.74) is 3.21. The van der Waals surface area contributed by atoms with E-state index in [4.69, 9.17) is 37.9 Å². The van der Waals surface area contributed by atoms with Gasteiger partial charge in [0.1, 0.15) is 44.8 Å². The molecule has 138 heavy (non-hydrogen) atoms. The molecular formula is C122H184O16. The van der Waals surface area contributed by atoms with Crippen LogP contribution in [-0.2, 0) is 76.3 Å². The molecule has 0 aliphatic heterocycles. The predicted molar refractivity (Wildman–Crippen MR) is 544 cm³/mol. The topological polar surface area (TPSA) is 210 Å². The summed E-state index contributed by atoms with van der Waals surface area (Å²) in [4.78, 5) is 94.5. The fourth-order valence-corrected chi connectivity index (χ4v) is 37.5. The highest BCUT2D eigenvalue weighted by Crippen LogP contribution is 2.76. The van der Waals surface area contributed by atoms with Crippen molar-refractivity contribution in [3.8, 4) is 0 Å². The zero-order chi connectivity index (χ0) is 101. The van der Waals surface area contributed by atoms with Gasteiger partial charge in [-0.3, -0.25) is 0 Å². The van der Waals surface area contributed by atoms with Crippen molar-refractivity contribution in [1.82, 2.24) is 0 Å². The maximum atomic E-state index is 12.1. The first kappa shape index (κ1) is 106. The summed E-state index contributed by atoms with van der Waals surface area (Å²) >= 11 is 0. The van der Waals surface area contributed by atoms with Crippen LogP contribution >= 0.6 is 0 Å². The molecule has 16 nitrogen and oxygen atoms in total. The summed E-state index contributed by atoms with van der Waals surface area (Å²) in [6, 6.07) is 0. The number of rotatable bonds is 20. The van der Waals surface area contributed by atoms with Crippen LogP contribution in [0.2, 0.25) is 0 Å². The molecule has 22 rings (SSSR count). The fraction of sp³-hybridized carbons (Fsp3) is 0.803. The van der Waals surface area contributed by atoms with E-state index in [-0.39, 0.29) is 114 Å². The molecule has 22 fully saturated rings. The third kappa shape index (κ3) is 18.4. The standard InChI is InChI=1S/C18H26O2.C17H24O2.C16H24O2.C16H26O2.C15H22O2.C15H24O2.C13H20O2.C12H18O2/c1-4-18(20-17(19)10(2)3)9-13-8-14(18)16-12-6-5-11(7-12)15(13)16;1-9(2)16(18)19-17(3)8-12-7-13(17)15-11-5-4-10(6-11)14(12)15;1-4-16(18-15(17)10(2)3)9-11-8-14(16)13-7-5-6-12(11)13;1-7-16(18-13(17)11(2)3)10-12-8-9-15(16,6)14(12,4)5;1-9(2)14(16)17-15(3)8-10-7-13(15)12-6-4-5-11(10)12;1-10(2)12(16)17-15(6)9-11-7-8-14(15,5)13(11,3)4;1-4-13(15-12(14)9(2)3)8-10-5-6-11(13)7-10;1-8(2)11(13)14-12(3)7-9-4-5-10(12)6-9/h11-16H,2,4-9H2,1,3H3;10-15H,1,4-8H2,2-3H3;11-14H,2,4-9H2,1,3H3;12H,2,7-10H2,1,3-6H3;10-13H,1,4-8H2,2-3H3;11H,1,7-9H2,2-6H3;10-11H,2,4-8H2,1,3H3;9-10H,1,4-7H2,2-3H3. The van der Waals surface area contributed by atoms with Crippen molar-refractivity contribution in [1.29, 1.82) is 0 Å². The zero-order valence-corrected chi connectivity index (χ0v) is 90.1. The van der Waals surface area contributed by atoms with Crippen LogP contribution in [0.25, 0.3) is 0 Å². The Morgan fingerprint density at radius 1 is 0.254 bits per heavy atom. The molecule has 0 aromatic heterocycles. The highest BCUT2D eigenvalue weighted by molar-refractivity contribution is 5.90. The molecule has 0 spiro atoms. The molecule has 22 aliphatic carbocycles. The maximum absolute atomic E-state index is 12.1. The van der Waals surface area contributed by atoms with Crippen LogP contribution in [0.15, 0.2) is 97.2 Å². The van der Waals surface area contributed by atoms with Crippen molar-refractivity contribution in [3.05, 3.63) is 97.2 Å². The van der Waals surface area contributed by atoms with Crippen LogP contribution in [0.3, 0.4) is 0 Å². The van der Waals surface area contributed by atoms with Crippen molar-refractivity contribution < 1.29 is 76.3 Å². The molecule has 768 valence electrons. The lowest BCUT2D eigenvalue weighted by Gasteiger charge is -2.47. The van der Waals surface area contributed by atoms with Gasteiger partial charge >= 0.3 is 47.8 Å². The second-order valence-electron chi connectivity index (χ2n) is 53.0. The van der Waals surface area contributed by atoms with Gasteiger partial charge in [-0.25, -0.2) is 38.4 Å². The second kappa shape index (κ2) is 38.9. The van der Waals surface area contributed by atoms with Gasteiger partial charge in [0, 0.05) is 79.1 Å². The monoisotopic (exact) mass is 1910 g/mol. The van der Waals surface area contributed by atoms with Gasteiger partial charge in [0.25, 0.3) is 0 Å². The van der Waals surface area contributed by atoms with E-state index in [0.29, 0.717) is 91.9 Å². The normalized spacial score (nSPS) is 45.2. The van der Waals surface area contributed by atoms with Crippen molar-refractivity contribution in [3.63, 3.8) is 0 Å². The molecule has 0 N–H and O–H groups in total. The van der Waals surface area contributed by atoms with Crippen molar-refractivity contribution >= 4 is 47.8 Å². The first-order valence-electron chi connectivity index (χ1n) is 55.7. The predicted octanol–water partition coefficient (Wildman–Crippen LogP) is 28.1. The minimum atomic E-state index is -0.324. The summed E-state index contributed by atoms with van der Waals surface area (Å²) in [5.74, 6) is 19.4. The molecule has 0 amide bonds. The van der Waals surface area contributed by atoms with Gasteiger partial charge in [-0.2, -0.15) is 0 Å². The lowest BCUT2D eigenvalue weighted by atomic mass is 9.63. The number of fused-ring (bicyclic) bond motifs is 36. The van der Waals surface area contributed by atoms with Crippen LogP contribution in [0.5, 0.6) is 0 Å². The molecule has 16 heteroatoms. The van der Waals surface area contributed by atoms with E-state index in [9.17, 15) is 38.4 Å². The van der Waals surface area contributed by atoms with Gasteiger partial charge in [0.05, 0.1) is 0 Å². The summed E-state index contributed by atoms with van der Waals surface area (Å²) in [7, 11) is 0. The van der Waals surface area contributed by atoms with Gasteiger partial charge in [-0.1, -0.05) is 135 Å². The molecule has 0 heterocycles. The van der Waals surface area contributed by atoms with Crippen molar-refractivity contribution in [2.45, 2.75) is 441 Å². The molecule has 36 atom stereocenters. The van der Waals surface area contributed by atoms with Gasteiger partial charge in [0.15, 0.2) is 0 Å². The van der Waals surface area contributed by atoms with Crippen LogP contribution < -0.4 is 0 Å². The molecule has 0 aromatic carbocycles. The lowest BCUT2D eigenvalue weighted by molar-refractivity contribution is -0.175. The smallest absolute Gasteiger partial charge is 0.333 e. The highest BCUT2D eigenvalue weighted by Gasteiger charge is 2.74. The van der Waals surface area contributed by atoms with Gasteiger partial charge in [-0.05, 0) is 455 Å². The molecule has 0 saturated heterocycles. The zero-order valence-electron chi connectivity index (χ0n) is 90.1. The number of esters is 8. The highest BCUT2D eigenvalue weighted by atomic mass is 16.6. The summed E-state index contributed by atoms with van der Waals surface area (Å²) in [6.07, 6.45) is 47.1. The Morgan fingerprint density at radius 2 is 0.601 bits per heavy atom. The Balaban J connectivity index is 0.000000120. The maximum Gasteiger partial charge on any atom is 0.333 e. The Hall–Kier alpha value is -6.32. The number of ether oxygens (including phenoxy) is 8. The molecule has 0 radical (unpaired) electrons. The van der Waals surface area contributed by atoms with Crippen LogP contribution in [-0.4, -0.2) is 92.6 Å². The van der Waals surface area contributed by atoms with Crippen LogP contribution in [0, 0.1) is 176 Å². The van der Waals surface area contributed by atoms with Crippen molar-refractivity contribution in [2.75, 3.05) is 0 Å². The fourth-order valence-electron chi connectivity index (χ4n) is 37.5. The molecular weight excluding hydrogens is 1720 g/mol. The van der Waals surface area contributed by atoms with Gasteiger partial charge in [-0.15, -0.1) is 0 Å². The quantitative estimate of drug-likeness (QED) is 0.0480. The Labute approximate surface area is 832 Å². The third-order valence-electron chi connectivity index (χ3n) is 45.2. The number of carbonyl (C=O) groups is 8. The lowest BCUT2D eigenvalue weighted by Crippen LogP contribution is -2.50. The Bertz CT molecular complexity index is 4780. The summed E-state index contributed by atoms with van der Waals surface area (Å²) in [5, 5.41) is 0. The van der Waals surface area contributed by atoms with Gasteiger partial charge in [0.2, 0.25) is 0 Å². The minimum absolute atomic E-state index is 0.0930. The van der Waals surface area contributed by atoms with E-state index in [1.54, 1.807) is 55.4 Å². The van der Waals surface area contributed by atoms with E-state index in [0.717, 1.165) is 190 Å². The van der Waals surface area contributed by atoms with E-state index < -0.39 is 0 Å². The number of hydrogen-bond donors (Lipinski definition) is 0. The van der Waals surface area contributed by atoms with E-state index in [1.165, 1.54) is 161 Å². The molecule has 22 saturated carbocycles. The summed E-state index contributed by atoms with van der Waals surface area (Å²) < 4.78 is 46.6. The molecule has 0 aromatic rings. The summed E-state index contributed by atoms with van der Waals surface area (Å²) in [6.45, 7) is 74.5. The largest absolute Gasteiger partial charge is 0.456 e. The third-order valence-corrected chi connectivity index (χ3v) is 45.2. The first-order valence-corrected chi connectivity index (χ1v) is 55.7. The molecule has 22 aliphatic rings. The second-order valence-corrected chi connectivity index (χ2v) is 53.0. The molecule has 36 unspecified atom stereocenters. The van der Waals surface area contributed by atoms with E-state index in [2.05, 4.69) is 150 Å². The Morgan fingerprint density at radius 3 is 1.01 bits per heavy atom. The van der Waals surface area contributed by atoms with Crippen LogP contribution in [0.1, 0.15) is 396 Å². The number of hydrogen-bond acceptors (Lipinski definition) is 16. The van der Waals surface area contributed by atoms with E-state index >= 15 is 0 Å². The molecule has 20 bridgehead atoms. The van der Waals surface area contributed by atoms with Gasteiger partial charge < -0.3 is 37.9 Å². The average molecular weight is 1910 g/mol. The number of carbonyl (C=O) groups excluding carboxylic acids is 8. The Kier molecular flexibility index (Phi) is 29.9. The average Bonchev–Trinajstić information content (AvgIpc) is 1.54. The van der Waals surface area contributed by atoms with Crippen molar-refractivity contribution in [2.24, 2.45) is 176 Å². The van der Waals surface area contributed by atoms with Crippen LogP contribution in [0.4, 0.5) is 0 Å². The van der Waals surface area contributed by atoms with E-state index in [1.807, 2.05) is 0 Å².